The van der Waals surface area contributed by atoms with Crippen LogP contribution in [0, 0.1) is 0 Å². The number of nitrogens with zero attached hydrogens (tertiary/aromatic N) is 1. The first-order valence-electron chi connectivity index (χ1n) is 10.4. The van der Waals surface area contributed by atoms with E-state index >= 15 is 0 Å². The van der Waals surface area contributed by atoms with Gasteiger partial charge in [-0.3, -0.25) is 0 Å². The van der Waals surface area contributed by atoms with Crippen LogP contribution >= 0.6 is 35.9 Å². The zero-order valence-corrected chi connectivity index (χ0v) is 19.1. The third-order valence-electron chi connectivity index (χ3n) is 6.14. The maximum Gasteiger partial charge on any atom is 0.0776 e. The van der Waals surface area contributed by atoms with E-state index in [0.29, 0.717) is 0 Å². The van der Waals surface area contributed by atoms with Crippen LogP contribution in [0.2, 0.25) is 0 Å². The molecule has 0 bridgehead atoms. The maximum atomic E-state index is 6.10. The highest BCUT2D eigenvalue weighted by atomic mass is 35.5. The average molecular weight is 446 g/mol. The molecule has 1 unspecified atom stereocenters. The van der Waals surface area contributed by atoms with Crippen molar-refractivity contribution in [3.8, 4) is 0 Å². The lowest BCUT2D eigenvalue weighted by atomic mass is 9.88. The highest BCUT2D eigenvalue weighted by Gasteiger charge is 2.43. The minimum Gasteiger partial charge on any atom is -0.375 e. The summed E-state index contributed by atoms with van der Waals surface area (Å²) in [5.41, 5.74) is 5.59. The number of hydrogen-bond acceptors (Lipinski definition) is 4. The maximum absolute atomic E-state index is 6.10. The van der Waals surface area contributed by atoms with Crippen LogP contribution in [-0.2, 0) is 4.74 Å². The first-order valence-corrected chi connectivity index (χ1v) is 12.1. The zero-order chi connectivity index (χ0) is 18.8. The second-order valence-electron chi connectivity index (χ2n) is 7.92. The van der Waals surface area contributed by atoms with Crippen LogP contribution in [-0.4, -0.2) is 42.5 Å². The molecule has 1 saturated heterocycles. The van der Waals surface area contributed by atoms with E-state index in [1.165, 1.54) is 59.5 Å². The largest absolute Gasteiger partial charge is 0.375 e. The fourth-order valence-electron chi connectivity index (χ4n) is 4.65. The summed E-state index contributed by atoms with van der Waals surface area (Å²) in [5, 5.41) is 4.46. The Morgan fingerprint density at radius 3 is 2.83 bits per heavy atom. The number of likely N-dealkylation sites (tertiary alicyclic amines) is 1. The van der Waals surface area contributed by atoms with E-state index in [4.69, 9.17) is 4.74 Å². The Hall–Kier alpha value is -0.910. The Bertz CT molecular complexity index is 858. The van der Waals surface area contributed by atoms with Crippen LogP contribution in [0.1, 0.15) is 25.7 Å². The molecule has 5 aliphatic rings. The molecule has 154 valence electrons. The zero-order valence-electron chi connectivity index (χ0n) is 16.6. The predicted molar refractivity (Wildman–Crippen MR) is 130 cm³/mol. The lowest BCUT2D eigenvalue weighted by Gasteiger charge is -2.35. The SMILES string of the molecule is C1=CC2=C3C=CSC=C3C=CC3=CC=C(COCCN4CCCCC4)SC32C1.Cl. The molecule has 0 saturated carbocycles. The molecule has 0 amide bonds. The van der Waals surface area contributed by atoms with Gasteiger partial charge in [-0.15, -0.1) is 35.9 Å². The molecule has 5 heteroatoms. The first-order chi connectivity index (χ1) is 13.9. The van der Waals surface area contributed by atoms with Crippen molar-refractivity contribution in [2.24, 2.45) is 0 Å². The number of halogens is 1. The molecule has 0 aromatic carbocycles. The molecular weight excluding hydrogens is 418 g/mol. The molecule has 3 heterocycles. The molecular formula is C24H28ClNOS2. The third-order valence-corrected chi connectivity index (χ3v) is 8.31. The fraction of sp³-hybridized carbons (Fsp3) is 0.417. The predicted octanol–water partition coefficient (Wildman–Crippen LogP) is 6.18. The first kappa shape index (κ1) is 21.3. The van der Waals surface area contributed by atoms with Gasteiger partial charge in [0.15, 0.2) is 0 Å². The molecule has 0 radical (unpaired) electrons. The summed E-state index contributed by atoms with van der Waals surface area (Å²) in [6.45, 7) is 5.12. The molecule has 2 nitrogen and oxygen atoms in total. The fourth-order valence-corrected chi connectivity index (χ4v) is 6.74. The van der Waals surface area contributed by atoms with E-state index < -0.39 is 0 Å². The second-order valence-corrected chi connectivity index (χ2v) is 10.1. The normalized spacial score (nSPS) is 27.9. The number of hydrogen-bond donors (Lipinski definition) is 0. The van der Waals surface area contributed by atoms with E-state index in [1.807, 2.05) is 11.8 Å². The number of allylic oxidation sites excluding steroid dienone is 9. The topological polar surface area (TPSA) is 12.5 Å². The van der Waals surface area contributed by atoms with Gasteiger partial charge in [-0.1, -0.05) is 36.8 Å². The van der Waals surface area contributed by atoms with Crippen LogP contribution in [0.3, 0.4) is 0 Å². The van der Waals surface area contributed by atoms with Gasteiger partial charge in [0.1, 0.15) is 0 Å². The molecule has 0 N–H and O–H groups in total. The second kappa shape index (κ2) is 9.49. The van der Waals surface area contributed by atoms with Gasteiger partial charge < -0.3 is 9.64 Å². The number of ether oxygens (including phenoxy) is 1. The van der Waals surface area contributed by atoms with E-state index in [1.54, 1.807) is 11.8 Å². The Morgan fingerprint density at radius 2 is 1.93 bits per heavy atom. The molecule has 0 aromatic rings. The molecule has 0 aromatic heterocycles. The number of fused-ring (bicyclic) bond motifs is 1. The molecule has 1 atom stereocenters. The lowest BCUT2D eigenvalue weighted by molar-refractivity contribution is 0.113. The highest BCUT2D eigenvalue weighted by Crippen LogP contribution is 2.55. The molecule has 1 spiro atoms. The third kappa shape index (κ3) is 4.28. The Labute approximate surface area is 189 Å². The molecule has 2 aliphatic carbocycles. The Morgan fingerprint density at radius 1 is 1.03 bits per heavy atom. The van der Waals surface area contributed by atoms with Crippen molar-refractivity contribution in [2.45, 2.75) is 30.4 Å². The van der Waals surface area contributed by atoms with Crippen molar-refractivity contribution in [3.63, 3.8) is 0 Å². The van der Waals surface area contributed by atoms with E-state index in [9.17, 15) is 0 Å². The summed E-state index contributed by atoms with van der Waals surface area (Å²) < 4.78 is 6.12. The standard InChI is InChI=1S/C24H27NOS2.ClH/c1-2-12-25(13-3-1)14-15-26-17-21-9-8-20-7-6-19-18-27-16-10-22(19)23-5-4-11-24(20,23)28-21;/h4-10,16,18H,1-3,11-15,17H2;1H. The van der Waals surface area contributed by atoms with Gasteiger partial charge in [-0.25, -0.2) is 0 Å². The summed E-state index contributed by atoms with van der Waals surface area (Å²) >= 11 is 3.77. The van der Waals surface area contributed by atoms with E-state index in [0.717, 1.165) is 26.2 Å². The van der Waals surface area contributed by atoms with Gasteiger partial charge in [0.05, 0.1) is 18.0 Å². The van der Waals surface area contributed by atoms with Crippen molar-refractivity contribution in [1.82, 2.24) is 4.90 Å². The van der Waals surface area contributed by atoms with Crippen LogP contribution in [0.15, 0.2) is 80.5 Å². The number of piperidine rings is 1. The van der Waals surface area contributed by atoms with Crippen LogP contribution in [0.4, 0.5) is 0 Å². The smallest absolute Gasteiger partial charge is 0.0776 e. The van der Waals surface area contributed by atoms with Crippen molar-refractivity contribution in [3.05, 3.63) is 80.5 Å². The summed E-state index contributed by atoms with van der Waals surface area (Å²) in [5.74, 6) is 0. The van der Waals surface area contributed by atoms with Crippen molar-refractivity contribution < 1.29 is 4.74 Å². The van der Waals surface area contributed by atoms with Gasteiger partial charge >= 0.3 is 0 Å². The number of thioether (sulfide) groups is 2. The highest BCUT2D eigenvalue weighted by molar-refractivity contribution is 8.05. The van der Waals surface area contributed by atoms with Crippen LogP contribution < -0.4 is 0 Å². The van der Waals surface area contributed by atoms with Crippen molar-refractivity contribution >= 4 is 35.9 Å². The summed E-state index contributed by atoms with van der Waals surface area (Å²) in [4.78, 5) is 3.89. The van der Waals surface area contributed by atoms with Crippen LogP contribution in [0.25, 0.3) is 0 Å². The van der Waals surface area contributed by atoms with Gasteiger partial charge in [0, 0.05) is 11.4 Å². The van der Waals surface area contributed by atoms with Gasteiger partial charge in [0.25, 0.3) is 0 Å². The summed E-state index contributed by atoms with van der Waals surface area (Å²) in [6, 6.07) is 0. The summed E-state index contributed by atoms with van der Waals surface area (Å²) in [7, 11) is 0. The minimum atomic E-state index is 0. The van der Waals surface area contributed by atoms with Gasteiger partial charge in [0.2, 0.25) is 0 Å². The van der Waals surface area contributed by atoms with Crippen LogP contribution in [0.5, 0.6) is 0 Å². The van der Waals surface area contributed by atoms with Crippen molar-refractivity contribution in [2.75, 3.05) is 32.8 Å². The lowest BCUT2D eigenvalue weighted by Crippen LogP contribution is -2.33. The molecule has 3 aliphatic heterocycles. The molecule has 1 fully saturated rings. The minimum absolute atomic E-state index is 0. The quantitative estimate of drug-likeness (QED) is 0.468. The molecule has 5 rings (SSSR count). The Balaban J connectivity index is 0.00000205. The summed E-state index contributed by atoms with van der Waals surface area (Å²) in [6.07, 6.45) is 21.3. The van der Waals surface area contributed by atoms with Gasteiger partial charge in [-0.05, 0) is 77.6 Å². The molecule has 29 heavy (non-hydrogen) atoms. The van der Waals surface area contributed by atoms with E-state index in [2.05, 4.69) is 58.2 Å². The number of rotatable bonds is 5. The monoisotopic (exact) mass is 445 g/mol. The van der Waals surface area contributed by atoms with Crippen molar-refractivity contribution in [1.29, 1.82) is 0 Å². The van der Waals surface area contributed by atoms with E-state index in [-0.39, 0.29) is 17.2 Å². The van der Waals surface area contributed by atoms with Gasteiger partial charge in [-0.2, -0.15) is 0 Å². The average Bonchev–Trinajstić information content (AvgIpc) is 3.09. The Kier molecular flexibility index (Phi) is 6.98.